The largest absolute Gasteiger partial charge is 0.367 e. The molecule has 1 aliphatic heterocycles. The van der Waals surface area contributed by atoms with Crippen LogP contribution < -0.4 is 15.5 Å². The second-order valence-electron chi connectivity index (χ2n) is 9.03. The Kier molecular flexibility index (Phi) is 8.75. The van der Waals surface area contributed by atoms with Crippen molar-refractivity contribution in [2.45, 2.75) is 13.8 Å². The first kappa shape index (κ1) is 27.6. The van der Waals surface area contributed by atoms with Crippen LogP contribution in [0.4, 0.5) is 30.6 Å². The van der Waals surface area contributed by atoms with Gasteiger partial charge in [0, 0.05) is 50.6 Å². The molecular formula is C29H31F2N5O3. The number of nitrogens with zero attached hydrogens (tertiary/aromatic N) is 3. The summed E-state index contributed by atoms with van der Waals surface area (Å²) in [6.45, 7) is 6.41. The minimum absolute atomic E-state index is 0.0945. The van der Waals surface area contributed by atoms with Crippen LogP contribution in [0.5, 0.6) is 0 Å². The molecule has 3 aromatic rings. The summed E-state index contributed by atoms with van der Waals surface area (Å²) in [5, 5.41) is 5.29. The van der Waals surface area contributed by atoms with Crippen LogP contribution in [0.2, 0.25) is 0 Å². The number of piperazine rings is 1. The van der Waals surface area contributed by atoms with Gasteiger partial charge < -0.3 is 25.3 Å². The van der Waals surface area contributed by atoms with E-state index in [0.717, 1.165) is 0 Å². The molecule has 0 aliphatic carbocycles. The molecule has 0 saturated carbocycles. The van der Waals surface area contributed by atoms with Gasteiger partial charge in [0.25, 0.3) is 11.8 Å². The molecule has 0 atom stereocenters. The van der Waals surface area contributed by atoms with Gasteiger partial charge in [-0.1, -0.05) is 24.3 Å². The molecule has 0 aromatic heterocycles. The minimum atomic E-state index is -0.636. The Morgan fingerprint density at radius 2 is 1.44 bits per heavy atom. The molecule has 0 radical (unpaired) electrons. The number of hydrogen-bond acceptors (Lipinski definition) is 4. The van der Waals surface area contributed by atoms with Crippen LogP contribution >= 0.6 is 0 Å². The predicted octanol–water partition coefficient (Wildman–Crippen LogP) is 5.05. The summed E-state index contributed by atoms with van der Waals surface area (Å²) in [5.41, 5.74) is 1.46. The summed E-state index contributed by atoms with van der Waals surface area (Å²) in [5.74, 6) is -1.96. The van der Waals surface area contributed by atoms with Crippen molar-refractivity contribution in [3.63, 3.8) is 0 Å². The average Bonchev–Trinajstić information content (AvgIpc) is 2.95. The number of carbonyl (C=O) groups is 3. The Hall–Kier alpha value is -4.47. The Morgan fingerprint density at radius 1 is 0.795 bits per heavy atom. The molecule has 4 rings (SSSR count). The Morgan fingerprint density at radius 3 is 2.08 bits per heavy atom. The van der Waals surface area contributed by atoms with Crippen molar-refractivity contribution in [1.29, 1.82) is 0 Å². The summed E-state index contributed by atoms with van der Waals surface area (Å²) in [4.78, 5) is 44.1. The third kappa shape index (κ3) is 6.34. The van der Waals surface area contributed by atoms with E-state index in [1.54, 1.807) is 46.2 Å². The predicted molar refractivity (Wildman–Crippen MR) is 147 cm³/mol. The zero-order valence-corrected chi connectivity index (χ0v) is 21.9. The van der Waals surface area contributed by atoms with Crippen LogP contribution in [0, 0.1) is 11.6 Å². The van der Waals surface area contributed by atoms with Gasteiger partial charge in [-0.25, -0.2) is 13.6 Å². The van der Waals surface area contributed by atoms with Crippen molar-refractivity contribution in [2.75, 3.05) is 54.8 Å². The van der Waals surface area contributed by atoms with E-state index in [9.17, 15) is 23.2 Å². The van der Waals surface area contributed by atoms with Gasteiger partial charge in [-0.15, -0.1) is 0 Å². The van der Waals surface area contributed by atoms with Gasteiger partial charge in [-0.2, -0.15) is 0 Å². The van der Waals surface area contributed by atoms with Gasteiger partial charge in [0.15, 0.2) is 0 Å². The Balaban J connectivity index is 1.52. The molecule has 39 heavy (non-hydrogen) atoms. The number of carbonyl (C=O) groups excluding carboxylic acids is 3. The monoisotopic (exact) mass is 535 g/mol. The zero-order chi connectivity index (χ0) is 27.9. The van der Waals surface area contributed by atoms with Crippen molar-refractivity contribution in [1.82, 2.24) is 9.80 Å². The van der Waals surface area contributed by atoms with Crippen LogP contribution in [0.1, 0.15) is 34.6 Å². The van der Waals surface area contributed by atoms with E-state index in [4.69, 9.17) is 0 Å². The lowest BCUT2D eigenvalue weighted by Gasteiger charge is -2.37. The normalized spacial score (nSPS) is 13.1. The number of amides is 4. The van der Waals surface area contributed by atoms with E-state index < -0.39 is 23.6 Å². The van der Waals surface area contributed by atoms with Gasteiger partial charge in [-0.3, -0.25) is 9.59 Å². The van der Waals surface area contributed by atoms with Crippen LogP contribution in [-0.4, -0.2) is 66.9 Å². The first-order chi connectivity index (χ1) is 18.8. The molecular weight excluding hydrogens is 504 g/mol. The van der Waals surface area contributed by atoms with Crippen molar-refractivity contribution < 1.29 is 23.2 Å². The van der Waals surface area contributed by atoms with Crippen molar-refractivity contribution in [2.24, 2.45) is 0 Å². The first-order valence-electron chi connectivity index (χ1n) is 12.9. The van der Waals surface area contributed by atoms with E-state index in [0.29, 0.717) is 56.2 Å². The topological polar surface area (TPSA) is 85.0 Å². The van der Waals surface area contributed by atoms with Gasteiger partial charge in [-0.05, 0) is 56.3 Å². The van der Waals surface area contributed by atoms with Crippen molar-refractivity contribution in [3.8, 4) is 0 Å². The summed E-state index contributed by atoms with van der Waals surface area (Å²) < 4.78 is 28.1. The lowest BCUT2D eigenvalue weighted by atomic mass is 10.1. The zero-order valence-electron chi connectivity index (χ0n) is 21.9. The second kappa shape index (κ2) is 12.4. The summed E-state index contributed by atoms with van der Waals surface area (Å²) >= 11 is 0. The highest BCUT2D eigenvalue weighted by molar-refractivity contribution is 6.06. The minimum Gasteiger partial charge on any atom is -0.367 e. The van der Waals surface area contributed by atoms with Crippen LogP contribution in [-0.2, 0) is 0 Å². The average molecular weight is 536 g/mol. The molecule has 8 nitrogen and oxygen atoms in total. The number of urea groups is 1. The highest BCUT2D eigenvalue weighted by Crippen LogP contribution is 2.28. The van der Waals surface area contributed by atoms with Gasteiger partial charge in [0.2, 0.25) is 0 Å². The molecule has 4 amide bonds. The van der Waals surface area contributed by atoms with E-state index in [1.165, 1.54) is 30.3 Å². The maximum Gasteiger partial charge on any atom is 0.322 e. The second-order valence-corrected chi connectivity index (χ2v) is 9.03. The summed E-state index contributed by atoms with van der Waals surface area (Å²) in [6.07, 6.45) is 0. The third-order valence-electron chi connectivity index (χ3n) is 6.68. The first-order valence-corrected chi connectivity index (χ1v) is 12.9. The van der Waals surface area contributed by atoms with Crippen LogP contribution in [0.3, 0.4) is 0 Å². The number of benzene rings is 3. The highest BCUT2D eigenvalue weighted by Gasteiger charge is 2.26. The van der Waals surface area contributed by atoms with Crippen LogP contribution in [0.15, 0.2) is 66.7 Å². The number of halogens is 2. The quantitative estimate of drug-likeness (QED) is 0.443. The smallest absolute Gasteiger partial charge is 0.322 e. The molecule has 1 aliphatic rings. The lowest BCUT2D eigenvalue weighted by Crippen LogP contribution is -2.50. The third-order valence-corrected chi connectivity index (χ3v) is 6.68. The Bertz CT molecular complexity index is 1350. The lowest BCUT2D eigenvalue weighted by molar-refractivity contribution is 0.0773. The van der Waals surface area contributed by atoms with E-state index in [1.807, 2.05) is 18.7 Å². The van der Waals surface area contributed by atoms with Crippen LogP contribution in [0.25, 0.3) is 0 Å². The maximum atomic E-state index is 14.1. The fourth-order valence-corrected chi connectivity index (χ4v) is 4.49. The molecule has 10 heteroatoms. The molecule has 0 spiro atoms. The standard InChI is InChI=1S/C29H31F2N5O3/c1-3-34(4-2)28(38)22-19-20(32-27(37)21-9-5-6-10-23(21)30)13-14-26(22)35-15-17-36(18-16-35)29(39)33-25-12-8-7-11-24(25)31/h5-14,19H,3-4,15-18H2,1-2H3,(H,32,37)(H,33,39). The molecule has 1 heterocycles. The van der Waals surface area contributed by atoms with Gasteiger partial charge in [0.05, 0.1) is 16.8 Å². The van der Waals surface area contributed by atoms with Crippen molar-refractivity contribution >= 4 is 34.9 Å². The number of hydrogen-bond donors (Lipinski definition) is 2. The molecule has 1 fully saturated rings. The summed E-state index contributed by atoms with van der Waals surface area (Å²) in [6, 6.07) is 16.3. The molecule has 2 N–H and O–H groups in total. The van der Waals surface area contributed by atoms with E-state index in [2.05, 4.69) is 10.6 Å². The fourth-order valence-electron chi connectivity index (χ4n) is 4.49. The fraction of sp³-hybridized carbons (Fsp3) is 0.276. The molecule has 0 bridgehead atoms. The van der Waals surface area contributed by atoms with E-state index >= 15 is 0 Å². The molecule has 0 unspecified atom stereocenters. The summed E-state index contributed by atoms with van der Waals surface area (Å²) in [7, 11) is 0. The van der Waals surface area contributed by atoms with Crippen molar-refractivity contribution in [3.05, 3.63) is 89.5 Å². The number of rotatable bonds is 7. The molecule has 1 saturated heterocycles. The van der Waals surface area contributed by atoms with E-state index in [-0.39, 0.29) is 17.2 Å². The number of para-hydroxylation sites is 1. The van der Waals surface area contributed by atoms with Gasteiger partial charge in [0.1, 0.15) is 11.6 Å². The highest BCUT2D eigenvalue weighted by atomic mass is 19.1. The SMILES string of the molecule is CCN(CC)C(=O)c1cc(NC(=O)c2ccccc2F)ccc1N1CCN(C(=O)Nc2ccccc2F)CC1. The number of anilines is 3. The molecule has 204 valence electrons. The molecule has 3 aromatic carbocycles. The Labute approximate surface area is 226 Å². The number of nitrogens with one attached hydrogen (secondary N) is 2. The maximum absolute atomic E-state index is 14.1. The van der Waals surface area contributed by atoms with Gasteiger partial charge >= 0.3 is 6.03 Å².